The van der Waals surface area contributed by atoms with Gasteiger partial charge in [-0.15, -0.1) is 0 Å². The van der Waals surface area contributed by atoms with E-state index in [9.17, 15) is 24.0 Å². The van der Waals surface area contributed by atoms with Gasteiger partial charge in [0.2, 0.25) is 11.8 Å². The van der Waals surface area contributed by atoms with Crippen molar-refractivity contribution in [2.24, 2.45) is 5.92 Å². The largest absolute Gasteiger partial charge is 0.480 e. The van der Waals surface area contributed by atoms with Gasteiger partial charge in [0.05, 0.1) is 17.7 Å². The Morgan fingerprint density at radius 3 is 2.31 bits per heavy atom. The summed E-state index contributed by atoms with van der Waals surface area (Å²) in [7, 11) is 0. The third kappa shape index (κ3) is 7.94. The zero-order chi connectivity index (χ0) is 26.8. The van der Waals surface area contributed by atoms with E-state index in [1.165, 1.54) is 31.2 Å². The van der Waals surface area contributed by atoms with Crippen LogP contribution in [-0.2, 0) is 24.0 Å². The summed E-state index contributed by atoms with van der Waals surface area (Å²) in [4.78, 5) is 61.3. The molecule has 0 saturated heterocycles. The van der Waals surface area contributed by atoms with Crippen LogP contribution in [-0.4, -0.2) is 58.2 Å². The van der Waals surface area contributed by atoms with E-state index in [2.05, 4.69) is 10.6 Å². The van der Waals surface area contributed by atoms with Gasteiger partial charge in [-0.1, -0.05) is 20.3 Å². The number of benzene rings is 1. The van der Waals surface area contributed by atoms with Crippen molar-refractivity contribution in [1.29, 1.82) is 5.26 Å². The van der Waals surface area contributed by atoms with Crippen LogP contribution >= 0.6 is 0 Å². The summed E-state index contributed by atoms with van der Waals surface area (Å²) in [6, 6.07) is 6.19. The van der Waals surface area contributed by atoms with E-state index in [-0.39, 0.29) is 30.5 Å². The van der Waals surface area contributed by atoms with E-state index in [4.69, 9.17) is 15.1 Å². The number of ether oxygens (including phenoxy) is 1. The topological polar surface area (TPSA) is 166 Å². The molecule has 4 amide bonds. The maximum Gasteiger partial charge on any atom is 0.325 e. The Hall–Kier alpha value is -4.20. The number of hydrogen-bond donors (Lipinski definition) is 3. The summed E-state index contributed by atoms with van der Waals surface area (Å²) in [5.41, 5.74) is 0.441. The van der Waals surface area contributed by atoms with Gasteiger partial charge in [0.1, 0.15) is 17.8 Å². The molecule has 3 N–H and O–H groups in total. The van der Waals surface area contributed by atoms with E-state index < -0.39 is 35.8 Å². The van der Waals surface area contributed by atoms with Gasteiger partial charge in [-0.3, -0.25) is 28.9 Å². The molecule has 0 bridgehead atoms. The Bertz CT molecular complexity index is 1070. The number of amides is 4. The standard InChI is InChI=1S/C25H30N4O7/c1-15(2)22(23(32)27-16(3)25(34)35)28-20(30)7-5-4-6-12-29-21(31)13-19(24(29)33)36-18-10-8-17(14-26)9-11-18/h8-11,13,15-16,22H,4-7,12H2,1-3H3,(H,27,32)(H,28,30)(H,34,35)/t16?,22-/m0/s1. The minimum Gasteiger partial charge on any atom is -0.480 e. The first-order valence-electron chi connectivity index (χ1n) is 11.6. The molecule has 0 radical (unpaired) electrons. The molecule has 2 rings (SSSR count). The third-order valence-electron chi connectivity index (χ3n) is 5.47. The molecule has 1 heterocycles. The molecule has 1 unspecified atom stereocenters. The number of hydrogen-bond acceptors (Lipinski definition) is 7. The van der Waals surface area contributed by atoms with Gasteiger partial charge < -0.3 is 20.5 Å². The summed E-state index contributed by atoms with van der Waals surface area (Å²) in [5, 5.41) is 22.8. The lowest BCUT2D eigenvalue weighted by atomic mass is 10.0. The molecule has 0 saturated carbocycles. The van der Waals surface area contributed by atoms with Gasteiger partial charge in [-0.2, -0.15) is 5.26 Å². The molecule has 11 nitrogen and oxygen atoms in total. The van der Waals surface area contributed by atoms with Crippen molar-refractivity contribution in [1.82, 2.24) is 15.5 Å². The second-order valence-corrected chi connectivity index (χ2v) is 8.71. The lowest BCUT2D eigenvalue weighted by Crippen LogP contribution is -2.53. The first-order chi connectivity index (χ1) is 17.0. The van der Waals surface area contributed by atoms with Crippen LogP contribution in [0.4, 0.5) is 0 Å². The molecule has 0 spiro atoms. The summed E-state index contributed by atoms with van der Waals surface area (Å²) < 4.78 is 5.48. The molecule has 36 heavy (non-hydrogen) atoms. The molecule has 1 aliphatic rings. The van der Waals surface area contributed by atoms with Crippen LogP contribution in [0.1, 0.15) is 52.0 Å². The van der Waals surface area contributed by atoms with Crippen LogP contribution < -0.4 is 15.4 Å². The number of nitriles is 1. The monoisotopic (exact) mass is 498 g/mol. The number of imide groups is 1. The highest BCUT2D eigenvalue weighted by Crippen LogP contribution is 2.20. The van der Waals surface area contributed by atoms with Crippen molar-refractivity contribution < 1.29 is 33.8 Å². The number of nitrogens with zero attached hydrogens (tertiary/aromatic N) is 2. The first kappa shape index (κ1) is 28.0. The van der Waals surface area contributed by atoms with Crippen LogP contribution in [0.2, 0.25) is 0 Å². The number of nitrogens with one attached hydrogen (secondary N) is 2. The summed E-state index contributed by atoms with van der Waals surface area (Å²) in [6.45, 7) is 4.99. The SMILES string of the molecule is CC(NC(=O)[C@@H](NC(=O)CCCCCN1C(=O)C=C(Oc2ccc(C#N)cc2)C1=O)C(C)C)C(=O)O. The van der Waals surface area contributed by atoms with Gasteiger partial charge in [0, 0.05) is 13.0 Å². The van der Waals surface area contributed by atoms with E-state index in [1.54, 1.807) is 13.8 Å². The van der Waals surface area contributed by atoms with Crippen molar-refractivity contribution in [3.05, 3.63) is 41.7 Å². The molecule has 1 aromatic carbocycles. The van der Waals surface area contributed by atoms with E-state index in [0.29, 0.717) is 30.6 Å². The van der Waals surface area contributed by atoms with E-state index >= 15 is 0 Å². The lowest BCUT2D eigenvalue weighted by molar-refractivity contribution is -0.142. The van der Waals surface area contributed by atoms with Crippen LogP contribution in [0, 0.1) is 17.2 Å². The van der Waals surface area contributed by atoms with Gasteiger partial charge in [0.25, 0.3) is 11.8 Å². The highest BCUT2D eigenvalue weighted by Gasteiger charge is 2.32. The molecule has 2 atom stereocenters. The minimum atomic E-state index is -1.17. The predicted molar refractivity (Wildman–Crippen MR) is 127 cm³/mol. The summed E-state index contributed by atoms with van der Waals surface area (Å²) in [5.74, 6) is -3.12. The number of carbonyl (C=O) groups is 5. The highest BCUT2D eigenvalue weighted by molar-refractivity contribution is 6.15. The fraction of sp³-hybridized carbons (Fsp3) is 0.440. The molecular formula is C25H30N4O7. The molecule has 192 valence electrons. The molecule has 0 aliphatic carbocycles. The Kier molecular flexibility index (Phi) is 10.2. The molecule has 1 aromatic rings. The number of carboxylic acids is 1. The van der Waals surface area contributed by atoms with Crippen molar-refractivity contribution >= 4 is 29.6 Å². The van der Waals surface area contributed by atoms with Crippen molar-refractivity contribution in [3.63, 3.8) is 0 Å². The molecular weight excluding hydrogens is 468 g/mol. The predicted octanol–water partition coefficient (Wildman–Crippen LogP) is 1.48. The van der Waals surface area contributed by atoms with Crippen LogP contribution in [0.25, 0.3) is 0 Å². The molecule has 0 fully saturated rings. The van der Waals surface area contributed by atoms with Crippen LogP contribution in [0.15, 0.2) is 36.1 Å². The maximum atomic E-state index is 12.5. The second-order valence-electron chi connectivity index (χ2n) is 8.71. The lowest BCUT2D eigenvalue weighted by Gasteiger charge is -2.23. The second kappa shape index (κ2) is 13.0. The summed E-state index contributed by atoms with van der Waals surface area (Å²) in [6.07, 6.45) is 2.77. The number of aliphatic carboxylic acids is 1. The van der Waals surface area contributed by atoms with Crippen LogP contribution in [0.5, 0.6) is 5.75 Å². The number of rotatable bonds is 13. The average molecular weight is 499 g/mol. The number of unbranched alkanes of at least 4 members (excludes halogenated alkanes) is 2. The van der Waals surface area contributed by atoms with E-state index in [1.807, 2.05) is 6.07 Å². The molecule has 11 heteroatoms. The minimum absolute atomic E-state index is 0.0979. The van der Waals surface area contributed by atoms with Gasteiger partial charge in [-0.25, -0.2) is 0 Å². The van der Waals surface area contributed by atoms with Crippen molar-refractivity contribution in [2.45, 2.75) is 58.5 Å². The quantitative estimate of drug-likeness (QED) is 0.272. The van der Waals surface area contributed by atoms with Crippen LogP contribution in [0.3, 0.4) is 0 Å². The van der Waals surface area contributed by atoms with Crippen molar-refractivity contribution in [2.75, 3.05) is 6.54 Å². The fourth-order valence-corrected chi connectivity index (χ4v) is 3.37. The normalized spacial score (nSPS) is 14.6. The first-order valence-corrected chi connectivity index (χ1v) is 11.6. The molecule has 0 aromatic heterocycles. The average Bonchev–Trinajstić information content (AvgIpc) is 3.09. The zero-order valence-corrected chi connectivity index (χ0v) is 20.4. The Morgan fingerprint density at radius 2 is 1.72 bits per heavy atom. The Balaban J connectivity index is 1.74. The van der Waals surface area contributed by atoms with Gasteiger partial charge in [-0.05, 0) is 49.9 Å². The van der Waals surface area contributed by atoms with E-state index in [0.717, 1.165) is 11.0 Å². The Morgan fingerprint density at radius 1 is 1.06 bits per heavy atom. The van der Waals surface area contributed by atoms with Gasteiger partial charge in [0.15, 0.2) is 5.76 Å². The number of carbonyl (C=O) groups excluding carboxylic acids is 4. The third-order valence-corrected chi connectivity index (χ3v) is 5.47. The maximum absolute atomic E-state index is 12.5. The highest BCUT2D eigenvalue weighted by atomic mass is 16.5. The zero-order valence-electron chi connectivity index (χ0n) is 20.4. The summed E-state index contributed by atoms with van der Waals surface area (Å²) >= 11 is 0. The van der Waals surface area contributed by atoms with Crippen molar-refractivity contribution in [3.8, 4) is 11.8 Å². The molecule has 1 aliphatic heterocycles. The van der Waals surface area contributed by atoms with Gasteiger partial charge >= 0.3 is 5.97 Å². The smallest absolute Gasteiger partial charge is 0.325 e. The Labute approximate surface area is 209 Å². The fourth-order valence-electron chi connectivity index (χ4n) is 3.37. The number of carboxylic acid groups (broad SMARTS) is 1.